The number of halogens is 3. The van der Waals surface area contributed by atoms with Crippen LogP contribution in [0.25, 0.3) is 0 Å². The summed E-state index contributed by atoms with van der Waals surface area (Å²) >= 11 is 0. The monoisotopic (exact) mass is 334 g/mol. The highest BCUT2D eigenvalue weighted by Gasteiger charge is 2.22. The SMILES string of the molecule is C[C@H]1CNCCN1C(=O)CCc1ccc(OC(F)F)cc1.Cl. The van der Waals surface area contributed by atoms with Crippen LogP contribution in [0.1, 0.15) is 18.9 Å². The molecule has 1 aromatic rings. The Bertz CT molecular complexity index is 471. The molecule has 22 heavy (non-hydrogen) atoms. The van der Waals surface area contributed by atoms with Crippen molar-refractivity contribution in [3.05, 3.63) is 29.8 Å². The molecule has 0 spiro atoms. The second-order valence-electron chi connectivity index (χ2n) is 5.16. The first kappa shape index (κ1) is 18.6. The molecule has 0 saturated carbocycles. The maximum atomic E-state index is 12.2. The van der Waals surface area contributed by atoms with Crippen LogP contribution in [0.5, 0.6) is 5.75 Å². The summed E-state index contributed by atoms with van der Waals surface area (Å²) in [5, 5.41) is 3.25. The molecule has 1 atom stereocenters. The molecule has 1 aliphatic rings. The van der Waals surface area contributed by atoms with Crippen molar-refractivity contribution in [2.24, 2.45) is 0 Å². The van der Waals surface area contributed by atoms with Crippen LogP contribution < -0.4 is 10.1 Å². The van der Waals surface area contributed by atoms with E-state index in [-0.39, 0.29) is 30.1 Å². The second kappa shape index (κ2) is 8.90. The lowest BCUT2D eigenvalue weighted by Gasteiger charge is -2.34. The number of nitrogens with zero attached hydrogens (tertiary/aromatic N) is 1. The van der Waals surface area contributed by atoms with Crippen molar-refractivity contribution < 1.29 is 18.3 Å². The minimum atomic E-state index is -2.81. The molecule has 1 heterocycles. The Morgan fingerprint density at radius 2 is 2.09 bits per heavy atom. The Kier molecular flexibility index (Phi) is 7.55. The Balaban J connectivity index is 0.00000242. The molecule has 1 saturated heterocycles. The van der Waals surface area contributed by atoms with Crippen LogP contribution in [0.3, 0.4) is 0 Å². The number of hydrogen-bond donors (Lipinski definition) is 1. The van der Waals surface area contributed by atoms with E-state index in [1.807, 2.05) is 11.8 Å². The van der Waals surface area contributed by atoms with Crippen LogP contribution in [0.4, 0.5) is 8.78 Å². The second-order valence-corrected chi connectivity index (χ2v) is 5.16. The number of carbonyl (C=O) groups excluding carboxylic acids is 1. The molecular formula is C15H21ClF2N2O2. The third kappa shape index (κ3) is 5.42. The van der Waals surface area contributed by atoms with E-state index in [1.165, 1.54) is 12.1 Å². The summed E-state index contributed by atoms with van der Waals surface area (Å²) in [6.45, 7) is 1.61. The molecular weight excluding hydrogens is 314 g/mol. The fraction of sp³-hybridized carbons (Fsp3) is 0.533. The molecule has 1 fully saturated rings. The summed E-state index contributed by atoms with van der Waals surface area (Å²) in [6, 6.07) is 6.64. The number of benzene rings is 1. The van der Waals surface area contributed by atoms with Crippen molar-refractivity contribution in [2.45, 2.75) is 32.4 Å². The number of piperazine rings is 1. The molecule has 2 rings (SSSR count). The average molecular weight is 335 g/mol. The van der Waals surface area contributed by atoms with Crippen molar-refractivity contribution in [2.75, 3.05) is 19.6 Å². The van der Waals surface area contributed by atoms with Crippen LogP contribution in [0, 0.1) is 0 Å². The quantitative estimate of drug-likeness (QED) is 0.899. The van der Waals surface area contributed by atoms with Gasteiger partial charge in [-0.1, -0.05) is 12.1 Å². The number of aryl methyl sites for hydroxylation is 1. The molecule has 0 aliphatic carbocycles. The van der Waals surface area contributed by atoms with Gasteiger partial charge in [-0.2, -0.15) is 8.78 Å². The zero-order valence-electron chi connectivity index (χ0n) is 12.4. The standard InChI is InChI=1S/C15H20F2N2O2.ClH/c1-11-10-18-8-9-19(11)14(20)7-4-12-2-5-13(6-3-12)21-15(16)17;/h2-3,5-6,11,15,18H,4,7-10H2,1H3;1H/t11-;/m0./s1. The van der Waals surface area contributed by atoms with Gasteiger partial charge in [-0.15, -0.1) is 12.4 Å². The molecule has 1 amide bonds. The third-order valence-electron chi connectivity index (χ3n) is 3.60. The molecule has 1 aromatic carbocycles. The van der Waals surface area contributed by atoms with E-state index in [1.54, 1.807) is 12.1 Å². The Labute approximate surface area is 135 Å². The van der Waals surface area contributed by atoms with Crippen molar-refractivity contribution in [1.29, 1.82) is 0 Å². The van der Waals surface area contributed by atoms with Gasteiger partial charge in [0.05, 0.1) is 0 Å². The lowest BCUT2D eigenvalue weighted by molar-refractivity contribution is -0.133. The predicted octanol–water partition coefficient (Wildman–Crippen LogP) is 2.46. The van der Waals surface area contributed by atoms with E-state index in [9.17, 15) is 13.6 Å². The summed E-state index contributed by atoms with van der Waals surface area (Å²) < 4.78 is 28.4. The van der Waals surface area contributed by atoms with Gasteiger partial charge in [0, 0.05) is 32.1 Å². The van der Waals surface area contributed by atoms with Gasteiger partial charge in [0.2, 0.25) is 5.91 Å². The van der Waals surface area contributed by atoms with E-state index >= 15 is 0 Å². The maximum absolute atomic E-state index is 12.2. The van der Waals surface area contributed by atoms with Gasteiger partial charge in [-0.3, -0.25) is 4.79 Å². The summed E-state index contributed by atoms with van der Waals surface area (Å²) in [4.78, 5) is 14.1. The average Bonchev–Trinajstić information content (AvgIpc) is 2.46. The number of rotatable bonds is 5. The van der Waals surface area contributed by atoms with Crippen molar-refractivity contribution in [3.8, 4) is 5.75 Å². The molecule has 4 nitrogen and oxygen atoms in total. The fourth-order valence-electron chi connectivity index (χ4n) is 2.44. The Morgan fingerprint density at radius 3 is 2.68 bits per heavy atom. The normalized spacial score (nSPS) is 18.0. The highest BCUT2D eigenvalue weighted by atomic mass is 35.5. The minimum Gasteiger partial charge on any atom is -0.435 e. The van der Waals surface area contributed by atoms with E-state index in [0.717, 1.165) is 25.2 Å². The van der Waals surface area contributed by atoms with Gasteiger partial charge in [-0.05, 0) is 31.0 Å². The molecule has 7 heteroatoms. The van der Waals surface area contributed by atoms with Crippen molar-refractivity contribution in [3.63, 3.8) is 0 Å². The smallest absolute Gasteiger partial charge is 0.387 e. The van der Waals surface area contributed by atoms with Gasteiger partial charge in [-0.25, -0.2) is 0 Å². The molecule has 0 radical (unpaired) electrons. The Morgan fingerprint density at radius 1 is 1.41 bits per heavy atom. The van der Waals surface area contributed by atoms with Crippen LogP contribution in [-0.2, 0) is 11.2 Å². The molecule has 1 aliphatic heterocycles. The Hall–Kier alpha value is -1.40. The highest BCUT2D eigenvalue weighted by molar-refractivity contribution is 5.85. The molecule has 0 unspecified atom stereocenters. The largest absolute Gasteiger partial charge is 0.435 e. The number of nitrogens with one attached hydrogen (secondary N) is 1. The number of ether oxygens (including phenoxy) is 1. The van der Waals surface area contributed by atoms with Crippen molar-refractivity contribution >= 4 is 18.3 Å². The number of alkyl halides is 2. The third-order valence-corrected chi connectivity index (χ3v) is 3.60. The summed E-state index contributed by atoms with van der Waals surface area (Å²) in [5.41, 5.74) is 0.938. The van der Waals surface area contributed by atoms with Crippen LogP contribution in [0.2, 0.25) is 0 Å². The summed E-state index contributed by atoms with van der Waals surface area (Å²) in [7, 11) is 0. The predicted molar refractivity (Wildman–Crippen MR) is 82.7 cm³/mol. The summed E-state index contributed by atoms with van der Waals surface area (Å²) in [6.07, 6.45) is 1.03. The van der Waals surface area contributed by atoms with E-state index in [0.29, 0.717) is 12.8 Å². The topological polar surface area (TPSA) is 41.6 Å². The minimum absolute atomic E-state index is 0. The van der Waals surface area contributed by atoms with Crippen molar-refractivity contribution in [1.82, 2.24) is 10.2 Å². The molecule has 124 valence electrons. The van der Waals surface area contributed by atoms with E-state index in [4.69, 9.17) is 0 Å². The van der Waals surface area contributed by atoms with Gasteiger partial charge in [0.15, 0.2) is 0 Å². The number of hydrogen-bond acceptors (Lipinski definition) is 3. The van der Waals surface area contributed by atoms with Gasteiger partial charge < -0.3 is 15.0 Å². The number of carbonyl (C=O) groups is 1. The zero-order valence-corrected chi connectivity index (χ0v) is 13.2. The number of amides is 1. The lowest BCUT2D eigenvalue weighted by atomic mass is 10.1. The first-order valence-electron chi connectivity index (χ1n) is 7.10. The van der Waals surface area contributed by atoms with Crippen LogP contribution >= 0.6 is 12.4 Å². The van der Waals surface area contributed by atoms with E-state index in [2.05, 4.69) is 10.1 Å². The fourth-order valence-corrected chi connectivity index (χ4v) is 2.44. The van der Waals surface area contributed by atoms with Crippen LogP contribution in [0.15, 0.2) is 24.3 Å². The molecule has 1 N–H and O–H groups in total. The summed E-state index contributed by atoms with van der Waals surface area (Å²) in [5.74, 6) is 0.271. The maximum Gasteiger partial charge on any atom is 0.387 e. The molecule has 0 aromatic heterocycles. The van der Waals surface area contributed by atoms with Gasteiger partial charge in [0.1, 0.15) is 5.75 Å². The first-order valence-corrected chi connectivity index (χ1v) is 7.10. The zero-order chi connectivity index (χ0) is 15.2. The lowest BCUT2D eigenvalue weighted by Crippen LogP contribution is -2.52. The molecule has 0 bridgehead atoms. The van der Waals surface area contributed by atoms with Crippen LogP contribution in [-0.4, -0.2) is 43.1 Å². The first-order chi connectivity index (χ1) is 10.1. The van der Waals surface area contributed by atoms with Gasteiger partial charge in [0.25, 0.3) is 0 Å². The van der Waals surface area contributed by atoms with Gasteiger partial charge >= 0.3 is 6.61 Å². The van der Waals surface area contributed by atoms with E-state index < -0.39 is 6.61 Å². The highest BCUT2D eigenvalue weighted by Crippen LogP contribution is 2.16.